The normalized spacial score (nSPS) is 10.9. The van der Waals surface area contributed by atoms with Crippen LogP contribution in [0.5, 0.6) is 5.75 Å². The second-order valence-electron chi connectivity index (χ2n) is 7.24. The maximum atomic E-state index is 12.5. The van der Waals surface area contributed by atoms with Gasteiger partial charge in [0.15, 0.2) is 12.2 Å². The van der Waals surface area contributed by atoms with Gasteiger partial charge in [-0.2, -0.15) is 0 Å². The molecular formula is C24H19N5O3. The number of carbonyl (C=O) groups is 1. The highest BCUT2D eigenvalue weighted by molar-refractivity contribution is 5.94. The van der Waals surface area contributed by atoms with Crippen LogP contribution in [0.25, 0.3) is 28.2 Å². The Balaban J connectivity index is 1.29. The fraction of sp³-hybridized carbons (Fsp3) is 0.0833. The number of aryl methyl sites for hydroxylation is 1. The van der Waals surface area contributed by atoms with Crippen molar-refractivity contribution in [3.8, 4) is 22.9 Å². The van der Waals surface area contributed by atoms with Crippen LogP contribution in [0.1, 0.15) is 5.56 Å². The highest BCUT2D eigenvalue weighted by atomic mass is 16.5. The molecule has 0 saturated carbocycles. The Morgan fingerprint density at radius 2 is 1.84 bits per heavy atom. The molecule has 3 aromatic carbocycles. The summed E-state index contributed by atoms with van der Waals surface area (Å²) in [5.41, 5.74) is 4.64. The largest absolute Gasteiger partial charge is 0.482 e. The molecule has 158 valence electrons. The van der Waals surface area contributed by atoms with Gasteiger partial charge in [0.1, 0.15) is 23.9 Å². The summed E-state index contributed by atoms with van der Waals surface area (Å²) in [5, 5.41) is 10.5. The van der Waals surface area contributed by atoms with Gasteiger partial charge in [0.2, 0.25) is 5.89 Å². The molecule has 0 bridgehead atoms. The first kappa shape index (κ1) is 19.5. The molecule has 0 aliphatic heterocycles. The first-order valence-electron chi connectivity index (χ1n) is 10.00. The van der Waals surface area contributed by atoms with Gasteiger partial charge in [-0.1, -0.05) is 24.3 Å². The van der Waals surface area contributed by atoms with E-state index in [9.17, 15) is 4.79 Å². The minimum absolute atomic E-state index is 0.149. The molecule has 8 heteroatoms. The van der Waals surface area contributed by atoms with Gasteiger partial charge < -0.3 is 14.5 Å². The van der Waals surface area contributed by atoms with E-state index >= 15 is 0 Å². The first-order chi connectivity index (χ1) is 15.7. The molecule has 32 heavy (non-hydrogen) atoms. The Morgan fingerprint density at radius 3 is 2.66 bits per heavy atom. The molecule has 8 nitrogen and oxygen atoms in total. The smallest absolute Gasteiger partial charge is 0.262 e. The van der Waals surface area contributed by atoms with Crippen molar-refractivity contribution in [3.05, 3.63) is 84.9 Å². The predicted molar refractivity (Wildman–Crippen MR) is 120 cm³/mol. The summed E-state index contributed by atoms with van der Waals surface area (Å²) in [5.74, 6) is 0.810. The SMILES string of the molecule is Cc1ccc(OCC(=O)Nc2ccc3oc(-c4ccccc4)nc3c2)c(-n2cnnc2)c1. The number of hydrogen-bond donors (Lipinski definition) is 1. The predicted octanol–water partition coefficient (Wildman–Crippen LogP) is 4.40. The van der Waals surface area contributed by atoms with Crippen LogP contribution in [-0.4, -0.2) is 32.3 Å². The third kappa shape index (κ3) is 4.06. The van der Waals surface area contributed by atoms with Crippen molar-refractivity contribution < 1.29 is 13.9 Å². The van der Waals surface area contributed by atoms with Gasteiger partial charge in [-0.15, -0.1) is 10.2 Å². The zero-order chi connectivity index (χ0) is 21.9. The average molecular weight is 425 g/mol. The third-order valence-corrected chi connectivity index (χ3v) is 4.86. The van der Waals surface area contributed by atoms with Gasteiger partial charge >= 0.3 is 0 Å². The van der Waals surface area contributed by atoms with Gasteiger partial charge in [-0.25, -0.2) is 4.98 Å². The van der Waals surface area contributed by atoms with Crippen molar-refractivity contribution >= 4 is 22.7 Å². The summed E-state index contributed by atoms with van der Waals surface area (Å²) in [6, 6.07) is 20.7. The first-order valence-corrected chi connectivity index (χ1v) is 10.00. The lowest BCUT2D eigenvalue weighted by Crippen LogP contribution is -2.20. The number of nitrogens with zero attached hydrogens (tertiary/aromatic N) is 4. The number of fused-ring (bicyclic) bond motifs is 1. The number of nitrogens with one attached hydrogen (secondary N) is 1. The quantitative estimate of drug-likeness (QED) is 0.433. The van der Waals surface area contributed by atoms with Gasteiger partial charge in [-0.3, -0.25) is 9.36 Å². The minimum atomic E-state index is -0.286. The van der Waals surface area contributed by atoms with Crippen LogP contribution in [0, 0.1) is 6.92 Å². The Kier molecular flexibility index (Phi) is 5.09. The van der Waals surface area contributed by atoms with Gasteiger partial charge in [-0.05, 0) is 55.0 Å². The number of carbonyl (C=O) groups excluding carboxylic acids is 1. The molecule has 0 spiro atoms. The van der Waals surface area contributed by atoms with Crippen LogP contribution in [0.3, 0.4) is 0 Å². The molecule has 5 aromatic rings. The molecule has 2 aromatic heterocycles. The van der Waals surface area contributed by atoms with Crippen molar-refractivity contribution in [2.75, 3.05) is 11.9 Å². The highest BCUT2D eigenvalue weighted by Gasteiger charge is 2.12. The molecule has 2 heterocycles. The summed E-state index contributed by atoms with van der Waals surface area (Å²) in [7, 11) is 0. The van der Waals surface area contributed by atoms with Crippen LogP contribution in [-0.2, 0) is 4.79 Å². The molecule has 5 rings (SSSR count). The van der Waals surface area contributed by atoms with Crippen LogP contribution < -0.4 is 10.1 Å². The zero-order valence-corrected chi connectivity index (χ0v) is 17.2. The molecule has 0 saturated heterocycles. The van der Waals surface area contributed by atoms with Crippen molar-refractivity contribution in [1.29, 1.82) is 0 Å². The van der Waals surface area contributed by atoms with Crippen LogP contribution in [0.2, 0.25) is 0 Å². The number of oxazole rings is 1. The fourth-order valence-electron chi connectivity index (χ4n) is 3.33. The van der Waals surface area contributed by atoms with E-state index in [2.05, 4.69) is 20.5 Å². The Bertz CT molecular complexity index is 1380. The fourth-order valence-corrected chi connectivity index (χ4v) is 3.33. The average Bonchev–Trinajstić information content (AvgIpc) is 3.49. The zero-order valence-electron chi connectivity index (χ0n) is 17.2. The lowest BCUT2D eigenvalue weighted by Gasteiger charge is -2.12. The van der Waals surface area contributed by atoms with Crippen molar-refractivity contribution in [2.45, 2.75) is 6.92 Å². The van der Waals surface area contributed by atoms with Gasteiger partial charge in [0, 0.05) is 11.3 Å². The third-order valence-electron chi connectivity index (χ3n) is 4.86. The summed E-state index contributed by atoms with van der Waals surface area (Å²) in [4.78, 5) is 17.0. The monoisotopic (exact) mass is 425 g/mol. The van der Waals surface area contributed by atoms with E-state index in [0.29, 0.717) is 28.4 Å². The van der Waals surface area contributed by atoms with Crippen molar-refractivity contribution in [2.24, 2.45) is 0 Å². The van der Waals surface area contributed by atoms with E-state index < -0.39 is 0 Å². The summed E-state index contributed by atoms with van der Waals surface area (Å²) in [6.07, 6.45) is 3.16. The summed E-state index contributed by atoms with van der Waals surface area (Å²) in [6.45, 7) is 1.83. The Hall–Kier alpha value is -4.46. The van der Waals surface area contributed by atoms with Gasteiger partial charge in [0.25, 0.3) is 5.91 Å². The number of amides is 1. The molecule has 0 unspecified atom stereocenters. The standard InChI is InChI=1S/C24H19N5O3/c1-16-7-9-22(20(11-16)29-14-25-26-15-29)31-13-23(30)27-18-8-10-21-19(12-18)28-24(32-21)17-5-3-2-4-6-17/h2-12,14-15H,13H2,1H3,(H,27,30). The molecular weight excluding hydrogens is 406 g/mol. The molecule has 0 aliphatic rings. The Labute approximate surface area is 183 Å². The number of anilines is 1. The van der Waals surface area contributed by atoms with Crippen molar-refractivity contribution in [3.63, 3.8) is 0 Å². The second kappa shape index (κ2) is 8.35. The number of benzene rings is 3. The highest BCUT2D eigenvalue weighted by Crippen LogP contribution is 2.26. The maximum absolute atomic E-state index is 12.5. The van der Waals surface area contributed by atoms with Crippen molar-refractivity contribution in [1.82, 2.24) is 19.7 Å². The van der Waals surface area contributed by atoms with E-state index in [4.69, 9.17) is 9.15 Å². The van der Waals surface area contributed by atoms with Crippen LogP contribution in [0.4, 0.5) is 5.69 Å². The summed E-state index contributed by atoms with van der Waals surface area (Å²) >= 11 is 0. The Morgan fingerprint density at radius 1 is 1.03 bits per heavy atom. The number of hydrogen-bond acceptors (Lipinski definition) is 6. The maximum Gasteiger partial charge on any atom is 0.262 e. The van der Waals surface area contributed by atoms with Gasteiger partial charge in [0.05, 0.1) is 5.69 Å². The minimum Gasteiger partial charge on any atom is -0.482 e. The number of aromatic nitrogens is 4. The molecule has 1 N–H and O–H groups in total. The number of rotatable bonds is 6. The lowest BCUT2D eigenvalue weighted by atomic mass is 10.2. The van der Waals surface area contributed by atoms with Crippen LogP contribution in [0.15, 0.2) is 83.8 Å². The van der Waals surface area contributed by atoms with Crippen LogP contribution >= 0.6 is 0 Å². The summed E-state index contributed by atoms with van der Waals surface area (Å²) < 4.78 is 13.3. The molecule has 1 amide bonds. The van der Waals surface area contributed by atoms with E-state index in [1.54, 1.807) is 35.4 Å². The van der Waals surface area contributed by atoms with E-state index in [-0.39, 0.29) is 12.5 Å². The molecule has 0 atom stereocenters. The molecule has 0 radical (unpaired) electrons. The van der Waals surface area contributed by atoms with E-state index in [0.717, 1.165) is 16.8 Å². The topological polar surface area (TPSA) is 95.1 Å². The second-order valence-corrected chi connectivity index (χ2v) is 7.24. The van der Waals surface area contributed by atoms with E-state index in [1.165, 1.54) is 0 Å². The van der Waals surface area contributed by atoms with E-state index in [1.807, 2.05) is 55.5 Å². The number of ether oxygens (including phenoxy) is 1. The lowest BCUT2D eigenvalue weighted by molar-refractivity contribution is -0.118. The molecule has 0 aliphatic carbocycles. The molecule has 0 fully saturated rings.